The van der Waals surface area contributed by atoms with E-state index < -0.39 is 0 Å². The Morgan fingerprint density at radius 3 is 2.77 bits per heavy atom. The summed E-state index contributed by atoms with van der Waals surface area (Å²) in [7, 11) is 0. The summed E-state index contributed by atoms with van der Waals surface area (Å²) < 4.78 is 2.13. The molecule has 2 heterocycles. The van der Waals surface area contributed by atoms with Gasteiger partial charge in [-0.25, -0.2) is 4.98 Å². The number of nitrogens with zero attached hydrogens (tertiary/aromatic N) is 2. The first-order valence-corrected chi connectivity index (χ1v) is 4.62. The van der Waals surface area contributed by atoms with Crippen molar-refractivity contribution >= 4 is 5.65 Å². The zero-order valence-electron chi connectivity index (χ0n) is 8.28. The van der Waals surface area contributed by atoms with Crippen molar-refractivity contribution in [1.82, 2.24) is 9.38 Å². The summed E-state index contributed by atoms with van der Waals surface area (Å²) in [6, 6.07) is 4.22. The fourth-order valence-corrected chi connectivity index (χ4v) is 1.46. The molecule has 0 bridgehead atoms. The van der Waals surface area contributed by atoms with Gasteiger partial charge in [0, 0.05) is 18.1 Å². The molecule has 0 saturated heterocycles. The summed E-state index contributed by atoms with van der Waals surface area (Å²) in [5, 5.41) is 0. The zero-order chi connectivity index (χ0) is 9.42. The molecule has 2 aromatic heterocycles. The van der Waals surface area contributed by atoms with Crippen LogP contribution in [0, 0.1) is 6.92 Å². The van der Waals surface area contributed by atoms with E-state index in [4.69, 9.17) is 0 Å². The van der Waals surface area contributed by atoms with Crippen LogP contribution in [0.2, 0.25) is 0 Å². The second-order valence-corrected chi connectivity index (χ2v) is 3.74. The second kappa shape index (κ2) is 2.87. The second-order valence-electron chi connectivity index (χ2n) is 3.74. The molecule has 0 fully saturated rings. The lowest BCUT2D eigenvalue weighted by Crippen LogP contribution is -1.93. The standard InChI is InChI=1S/C11H14N2/c1-8(2)10-4-5-11-12-6-9(3)13(11)7-10/h4-8H,1-3H3. The maximum absolute atomic E-state index is 4.28. The van der Waals surface area contributed by atoms with Gasteiger partial charge >= 0.3 is 0 Å². The summed E-state index contributed by atoms with van der Waals surface area (Å²) in [6.07, 6.45) is 4.07. The Hall–Kier alpha value is -1.31. The SMILES string of the molecule is Cc1cnc2ccc(C(C)C)cn12. The predicted octanol–water partition coefficient (Wildman–Crippen LogP) is 2.77. The van der Waals surface area contributed by atoms with Crippen molar-refractivity contribution in [3.8, 4) is 0 Å². The molecule has 0 saturated carbocycles. The minimum Gasteiger partial charge on any atom is -0.304 e. The summed E-state index contributed by atoms with van der Waals surface area (Å²) in [6.45, 7) is 6.48. The molecule has 0 aliphatic carbocycles. The number of hydrogen-bond donors (Lipinski definition) is 0. The van der Waals surface area contributed by atoms with Crippen molar-refractivity contribution in [1.29, 1.82) is 0 Å². The van der Waals surface area contributed by atoms with Gasteiger partial charge in [-0.1, -0.05) is 19.9 Å². The average molecular weight is 174 g/mol. The molecule has 0 aliphatic rings. The van der Waals surface area contributed by atoms with Crippen LogP contribution >= 0.6 is 0 Å². The molecule has 2 rings (SSSR count). The molecule has 0 unspecified atom stereocenters. The minimum atomic E-state index is 0.575. The van der Waals surface area contributed by atoms with Gasteiger partial charge in [0.1, 0.15) is 5.65 Å². The van der Waals surface area contributed by atoms with Crippen LogP contribution in [-0.2, 0) is 0 Å². The van der Waals surface area contributed by atoms with Gasteiger partial charge in [-0.05, 0) is 24.5 Å². The molecule has 0 radical (unpaired) electrons. The van der Waals surface area contributed by atoms with Crippen LogP contribution in [0.3, 0.4) is 0 Å². The fraction of sp³-hybridized carbons (Fsp3) is 0.364. The lowest BCUT2D eigenvalue weighted by molar-refractivity contribution is 0.851. The van der Waals surface area contributed by atoms with Crippen LogP contribution in [-0.4, -0.2) is 9.38 Å². The van der Waals surface area contributed by atoms with E-state index in [-0.39, 0.29) is 0 Å². The van der Waals surface area contributed by atoms with E-state index in [0.717, 1.165) is 5.65 Å². The third kappa shape index (κ3) is 1.32. The molecule has 2 nitrogen and oxygen atoms in total. The molecular formula is C11H14N2. The Morgan fingerprint density at radius 2 is 2.08 bits per heavy atom. The third-order valence-electron chi connectivity index (χ3n) is 2.38. The molecular weight excluding hydrogens is 160 g/mol. The van der Waals surface area contributed by atoms with Gasteiger partial charge in [-0.2, -0.15) is 0 Å². The lowest BCUT2D eigenvalue weighted by Gasteiger charge is -2.05. The molecule has 68 valence electrons. The molecule has 0 atom stereocenters. The van der Waals surface area contributed by atoms with Gasteiger partial charge in [0.15, 0.2) is 0 Å². The van der Waals surface area contributed by atoms with Crippen LogP contribution in [0.5, 0.6) is 0 Å². The van der Waals surface area contributed by atoms with E-state index in [9.17, 15) is 0 Å². The highest BCUT2D eigenvalue weighted by Gasteiger charge is 2.02. The Bertz CT molecular complexity index is 427. The summed E-state index contributed by atoms with van der Waals surface area (Å²) in [5.74, 6) is 0.575. The molecule has 0 N–H and O–H groups in total. The van der Waals surface area contributed by atoms with Gasteiger partial charge in [0.25, 0.3) is 0 Å². The van der Waals surface area contributed by atoms with E-state index in [1.807, 2.05) is 6.20 Å². The van der Waals surface area contributed by atoms with Crippen molar-refractivity contribution in [2.45, 2.75) is 26.7 Å². The van der Waals surface area contributed by atoms with Gasteiger partial charge in [0.05, 0.1) is 0 Å². The first-order chi connectivity index (χ1) is 6.18. The number of aromatic nitrogens is 2. The Balaban J connectivity index is 2.66. The summed E-state index contributed by atoms with van der Waals surface area (Å²) in [5.41, 5.74) is 3.58. The molecule has 0 aliphatic heterocycles. The van der Waals surface area contributed by atoms with Crippen LogP contribution in [0.1, 0.15) is 31.0 Å². The Labute approximate surface area is 78.2 Å². The number of aryl methyl sites for hydroxylation is 1. The number of rotatable bonds is 1. The van der Waals surface area contributed by atoms with Gasteiger partial charge in [-0.15, -0.1) is 0 Å². The highest BCUT2D eigenvalue weighted by atomic mass is 15.0. The van der Waals surface area contributed by atoms with Crippen molar-refractivity contribution in [3.05, 3.63) is 35.8 Å². The topological polar surface area (TPSA) is 17.3 Å². The first-order valence-electron chi connectivity index (χ1n) is 4.62. The maximum atomic E-state index is 4.28. The van der Waals surface area contributed by atoms with E-state index in [1.54, 1.807) is 0 Å². The average Bonchev–Trinajstić information content (AvgIpc) is 2.47. The van der Waals surface area contributed by atoms with E-state index in [2.05, 4.69) is 48.5 Å². The van der Waals surface area contributed by atoms with Crippen LogP contribution in [0.15, 0.2) is 24.5 Å². The Kier molecular flexibility index (Phi) is 1.83. The largest absolute Gasteiger partial charge is 0.304 e. The van der Waals surface area contributed by atoms with E-state index >= 15 is 0 Å². The number of fused-ring (bicyclic) bond motifs is 1. The quantitative estimate of drug-likeness (QED) is 0.649. The van der Waals surface area contributed by atoms with E-state index in [1.165, 1.54) is 11.3 Å². The zero-order valence-corrected chi connectivity index (χ0v) is 8.28. The van der Waals surface area contributed by atoms with Crippen LogP contribution < -0.4 is 0 Å². The summed E-state index contributed by atoms with van der Waals surface area (Å²) >= 11 is 0. The van der Waals surface area contributed by atoms with Crippen LogP contribution in [0.25, 0.3) is 5.65 Å². The van der Waals surface area contributed by atoms with Crippen molar-refractivity contribution < 1.29 is 0 Å². The first kappa shape index (κ1) is 8.30. The molecule has 2 aromatic rings. The van der Waals surface area contributed by atoms with Crippen molar-refractivity contribution in [3.63, 3.8) is 0 Å². The highest BCUT2D eigenvalue weighted by Crippen LogP contribution is 2.15. The van der Waals surface area contributed by atoms with Gasteiger partial charge < -0.3 is 4.40 Å². The molecule has 13 heavy (non-hydrogen) atoms. The maximum Gasteiger partial charge on any atom is 0.136 e. The minimum absolute atomic E-state index is 0.575. The number of imidazole rings is 1. The van der Waals surface area contributed by atoms with Gasteiger partial charge in [0.2, 0.25) is 0 Å². The fourth-order valence-electron chi connectivity index (χ4n) is 1.46. The Morgan fingerprint density at radius 1 is 1.31 bits per heavy atom. The molecule has 2 heteroatoms. The molecule has 0 aromatic carbocycles. The normalized spacial score (nSPS) is 11.4. The third-order valence-corrected chi connectivity index (χ3v) is 2.38. The molecule has 0 amide bonds. The molecule has 0 spiro atoms. The van der Waals surface area contributed by atoms with E-state index in [0.29, 0.717) is 5.92 Å². The number of hydrogen-bond acceptors (Lipinski definition) is 1. The lowest BCUT2D eigenvalue weighted by atomic mass is 10.1. The monoisotopic (exact) mass is 174 g/mol. The predicted molar refractivity (Wildman–Crippen MR) is 54.0 cm³/mol. The number of pyridine rings is 1. The van der Waals surface area contributed by atoms with Crippen molar-refractivity contribution in [2.24, 2.45) is 0 Å². The summed E-state index contributed by atoms with van der Waals surface area (Å²) in [4.78, 5) is 4.28. The smallest absolute Gasteiger partial charge is 0.136 e. The van der Waals surface area contributed by atoms with Crippen molar-refractivity contribution in [2.75, 3.05) is 0 Å². The van der Waals surface area contributed by atoms with Gasteiger partial charge in [-0.3, -0.25) is 0 Å². The highest BCUT2D eigenvalue weighted by molar-refractivity contribution is 5.42. The van der Waals surface area contributed by atoms with Crippen LogP contribution in [0.4, 0.5) is 0 Å².